The molecule has 16 heteroatoms. The molecule has 0 rings (SSSR count). The average Bonchev–Trinajstić information content (AvgIpc) is 2.73. The molecule has 0 fully saturated rings. The highest BCUT2D eigenvalue weighted by Crippen LogP contribution is 1.92. The average molecular weight is 493 g/mol. The van der Waals surface area contributed by atoms with Crippen LogP contribution in [0, 0.1) is 0 Å². The standard InChI is InChI=1S/C5H9NO4.C5H6O5.C4H9NO2.C4H6O3/c2*6-3(5(9)10)1-2-4(7)8;2*5-3-1-2-4(6)7/h3H,1-2,6H2,(H,7,8)(H,9,10);1-2H2,(H,7,8)(H,9,10);1-3,5H2,(H,6,7);3H,1-2H2,(H,6,7)/p-5/t3-;;;/m0.../s1. The number of carboxylic acids is 6. The first kappa shape index (κ1) is 37.4. The number of carbonyl (C=O) groups is 8. The lowest BCUT2D eigenvalue weighted by atomic mass is 10.2. The zero-order valence-corrected chi connectivity index (χ0v) is 17.9. The molecule has 0 aromatic rings. The number of ketones is 1. The van der Waals surface area contributed by atoms with Crippen LogP contribution in [0.5, 0.6) is 0 Å². The van der Waals surface area contributed by atoms with Crippen LogP contribution in [0.3, 0.4) is 0 Å². The molecule has 0 heterocycles. The van der Waals surface area contributed by atoms with Crippen molar-refractivity contribution in [2.24, 2.45) is 11.5 Å². The molecule has 16 nitrogen and oxygen atoms in total. The van der Waals surface area contributed by atoms with Crippen molar-refractivity contribution in [1.82, 2.24) is 0 Å². The summed E-state index contributed by atoms with van der Waals surface area (Å²) in [5.41, 5.74) is 9.96. The van der Waals surface area contributed by atoms with Gasteiger partial charge in [-0.05, 0) is 45.1 Å². The van der Waals surface area contributed by atoms with Crippen LogP contribution >= 0.6 is 0 Å². The van der Waals surface area contributed by atoms with Crippen LogP contribution in [-0.4, -0.2) is 65.6 Å². The third-order valence-corrected chi connectivity index (χ3v) is 2.81. The zero-order chi connectivity index (χ0) is 27.7. The molecule has 0 spiro atoms. The fourth-order valence-corrected chi connectivity index (χ4v) is 1.14. The van der Waals surface area contributed by atoms with Crippen molar-refractivity contribution in [3.8, 4) is 0 Å². The van der Waals surface area contributed by atoms with E-state index >= 15 is 0 Å². The Morgan fingerprint density at radius 2 is 1.18 bits per heavy atom. The molecule has 0 radical (unpaired) electrons. The quantitative estimate of drug-likeness (QED) is 0.149. The number of Topliss-reactive ketones (excluding diaryl/α,β-unsaturated/α-hetero) is 1. The lowest BCUT2D eigenvalue weighted by Gasteiger charge is -2.05. The van der Waals surface area contributed by atoms with Gasteiger partial charge in [0.2, 0.25) is 0 Å². The molecular formula is C18H25N2O14-5. The Bertz CT molecular complexity index is 678. The van der Waals surface area contributed by atoms with Crippen LogP contribution in [0.25, 0.3) is 0 Å². The molecule has 0 aromatic carbocycles. The fourth-order valence-electron chi connectivity index (χ4n) is 1.14. The molecule has 1 atom stereocenters. The predicted octanol–water partition coefficient (Wildman–Crippen LogP) is -8.05. The summed E-state index contributed by atoms with van der Waals surface area (Å²) in [6, 6.07) is -1.10. The Kier molecular flexibility index (Phi) is 27.9. The maximum absolute atomic E-state index is 10.1. The fraction of sp³-hybridized carbons (Fsp3) is 0.556. The van der Waals surface area contributed by atoms with Crippen molar-refractivity contribution in [2.45, 2.75) is 57.4 Å². The molecule has 0 amide bonds. The molecule has 0 saturated carbocycles. The highest BCUT2D eigenvalue weighted by molar-refractivity contribution is 6.31. The number of nitrogens with two attached hydrogens (primary N) is 2. The third-order valence-electron chi connectivity index (χ3n) is 2.81. The summed E-state index contributed by atoms with van der Waals surface area (Å²) in [4.78, 5) is 77.6. The molecule has 0 unspecified atom stereocenters. The van der Waals surface area contributed by atoms with E-state index in [-0.39, 0.29) is 32.1 Å². The van der Waals surface area contributed by atoms with Gasteiger partial charge in [-0.3, -0.25) is 9.59 Å². The van der Waals surface area contributed by atoms with E-state index in [4.69, 9.17) is 16.6 Å². The minimum Gasteiger partial charge on any atom is -0.550 e. The van der Waals surface area contributed by atoms with Gasteiger partial charge in [0.25, 0.3) is 0 Å². The van der Waals surface area contributed by atoms with E-state index in [1.165, 1.54) is 0 Å². The third kappa shape index (κ3) is 42.2. The van der Waals surface area contributed by atoms with Crippen molar-refractivity contribution in [3.63, 3.8) is 0 Å². The number of rotatable bonds is 14. The number of aliphatic carboxylic acids is 6. The van der Waals surface area contributed by atoms with Gasteiger partial charge in [-0.1, -0.05) is 0 Å². The van der Waals surface area contributed by atoms with Crippen molar-refractivity contribution in [2.75, 3.05) is 6.54 Å². The largest absolute Gasteiger partial charge is 0.550 e. The maximum Gasteiger partial charge on any atom is 0.320 e. The van der Waals surface area contributed by atoms with Crippen LogP contribution in [0.4, 0.5) is 0 Å². The number of hydrogen-bond acceptors (Lipinski definition) is 15. The van der Waals surface area contributed by atoms with Gasteiger partial charge >= 0.3 is 5.97 Å². The second-order valence-corrected chi connectivity index (χ2v) is 5.78. The first-order valence-electron chi connectivity index (χ1n) is 9.27. The maximum atomic E-state index is 10.1. The van der Waals surface area contributed by atoms with E-state index in [0.29, 0.717) is 19.3 Å². The van der Waals surface area contributed by atoms with Crippen LogP contribution < -0.4 is 37.0 Å². The lowest BCUT2D eigenvalue weighted by Crippen LogP contribution is -2.33. The van der Waals surface area contributed by atoms with Gasteiger partial charge in [-0.25, -0.2) is 0 Å². The van der Waals surface area contributed by atoms with E-state index in [2.05, 4.69) is 0 Å². The van der Waals surface area contributed by atoms with Crippen LogP contribution in [0.15, 0.2) is 0 Å². The molecule has 0 aliphatic heterocycles. The van der Waals surface area contributed by atoms with Gasteiger partial charge in [-0.2, -0.15) is 0 Å². The minimum absolute atomic E-state index is 0.0579. The molecule has 34 heavy (non-hydrogen) atoms. The Labute approximate surface area is 193 Å². The van der Waals surface area contributed by atoms with E-state index in [1.54, 1.807) is 0 Å². The topological polar surface area (TPSA) is 324 Å². The highest BCUT2D eigenvalue weighted by Gasteiger charge is 2.09. The van der Waals surface area contributed by atoms with Crippen LogP contribution in [-0.2, 0) is 38.4 Å². The number of carbonyl (C=O) groups excluding carboxylic acids is 7. The van der Waals surface area contributed by atoms with E-state index in [0.717, 1.165) is 0 Å². The minimum atomic E-state index is -1.86. The summed E-state index contributed by atoms with van der Waals surface area (Å²) >= 11 is 0. The zero-order valence-electron chi connectivity index (χ0n) is 17.9. The lowest BCUT2D eigenvalue weighted by molar-refractivity contribution is -0.307. The van der Waals surface area contributed by atoms with Crippen molar-refractivity contribution >= 4 is 47.9 Å². The summed E-state index contributed by atoms with van der Waals surface area (Å²) in [6.07, 6.45) is -0.497. The summed E-state index contributed by atoms with van der Waals surface area (Å²) < 4.78 is 0. The first-order chi connectivity index (χ1) is 15.6. The van der Waals surface area contributed by atoms with Gasteiger partial charge in [0.05, 0.1) is 0 Å². The normalized spacial score (nSPS) is 9.71. The van der Waals surface area contributed by atoms with Crippen molar-refractivity contribution in [3.05, 3.63) is 0 Å². The smallest absolute Gasteiger partial charge is 0.320 e. The molecule has 0 aliphatic rings. The number of aldehydes is 1. The van der Waals surface area contributed by atoms with E-state index in [1.807, 2.05) is 0 Å². The van der Waals surface area contributed by atoms with Gasteiger partial charge < -0.3 is 70.9 Å². The molecule has 0 saturated heterocycles. The summed E-state index contributed by atoms with van der Waals surface area (Å²) in [5, 5.41) is 56.3. The van der Waals surface area contributed by atoms with Gasteiger partial charge in [0.15, 0.2) is 5.78 Å². The Hall–Kier alpha value is -3.92. The first-order valence-corrected chi connectivity index (χ1v) is 9.27. The number of carboxylic acid groups (broad SMARTS) is 6. The van der Waals surface area contributed by atoms with Crippen LogP contribution in [0.1, 0.15) is 51.4 Å². The molecule has 196 valence electrons. The number of hydrogen-bond donors (Lipinski definition) is 3. The highest BCUT2D eigenvalue weighted by atomic mass is 16.4. The summed E-state index contributed by atoms with van der Waals surface area (Å²) in [5.74, 6) is -9.20. The van der Waals surface area contributed by atoms with Gasteiger partial charge in [-0.15, -0.1) is 0 Å². The Balaban J connectivity index is -0.000000179. The molecular weight excluding hydrogens is 468 g/mol. The summed E-state index contributed by atoms with van der Waals surface area (Å²) in [7, 11) is 0. The van der Waals surface area contributed by atoms with Gasteiger partial charge in [0, 0.05) is 36.7 Å². The SMILES string of the molecule is NCCCC(=O)[O-].N[C@@H](CCC(=O)[O-])C(=O)O.O=C([O-])CCC(=O)C(=O)[O-].O=CCCC(=O)[O-]. The van der Waals surface area contributed by atoms with E-state index < -0.39 is 60.5 Å². The molecule has 5 N–H and O–H groups in total. The second-order valence-electron chi connectivity index (χ2n) is 5.78. The van der Waals surface area contributed by atoms with E-state index in [9.17, 15) is 63.9 Å². The summed E-state index contributed by atoms with van der Waals surface area (Å²) in [6.45, 7) is 0.425. The van der Waals surface area contributed by atoms with Crippen molar-refractivity contribution < 1.29 is 69.0 Å². The predicted molar refractivity (Wildman–Crippen MR) is 97.7 cm³/mol. The second kappa shape index (κ2) is 25.3. The Morgan fingerprint density at radius 1 is 0.735 bits per heavy atom. The molecule has 0 aliphatic carbocycles. The monoisotopic (exact) mass is 493 g/mol. The Morgan fingerprint density at radius 3 is 1.41 bits per heavy atom. The van der Waals surface area contributed by atoms with Crippen molar-refractivity contribution in [1.29, 1.82) is 0 Å². The molecule has 0 aromatic heterocycles. The van der Waals surface area contributed by atoms with Crippen LogP contribution in [0.2, 0.25) is 0 Å². The molecule has 0 bridgehead atoms. The van der Waals surface area contributed by atoms with Gasteiger partial charge in [0.1, 0.15) is 18.3 Å².